The van der Waals surface area contributed by atoms with Crippen molar-refractivity contribution >= 4 is 16.9 Å². The molecule has 4 aromatic rings. The monoisotopic (exact) mass is 470 g/mol. The van der Waals surface area contributed by atoms with Crippen LogP contribution in [0.3, 0.4) is 0 Å². The lowest BCUT2D eigenvalue weighted by Gasteiger charge is -2.29. The topological polar surface area (TPSA) is 104 Å². The van der Waals surface area contributed by atoms with Gasteiger partial charge in [0, 0.05) is 61.1 Å². The largest absolute Gasteiger partial charge is 0.507 e. The first-order chi connectivity index (χ1) is 17.0. The second-order valence-electron chi connectivity index (χ2n) is 8.86. The fourth-order valence-corrected chi connectivity index (χ4v) is 4.82. The smallest absolute Gasteiger partial charge is 0.223 e. The highest BCUT2D eigenvalue weighted by atomic mass is 16.3. The summed E-state index contributed by atoms with van der Waals surface area (Å²) in [6.45, 7) is 1.41. The van der Waals surface area contributed by atoms with Gasteiger partial charge in [-0.3, -0.25) is 14.6 Å². The van der Waals surface area contributed by atoms with Crippen LogP contribution in [0, 0.1) is 0 Å². The molecule has 0 bridgehead atoms. The van der Waals surface area contributed by atoms with Crippen molar-refractivity contribution in [1.29, 1.82) is 0 Å². The van der Waals surface area contributed by atoms with Crippen molar-refractivity contribution in [2.24, 2.45) is 0 Å². The molecule has 7 nitrogen and oxygen atoms in total. The molecule has 3 heterocycles. The molecule has 0 saturated carbocycles. The van der Waals surface area contributed by atoms with E-state index in [-0.39, 0.29) is 40.4 Å². The molecular weight excluding hydrogens is 444 g/mol. The number of piperidine rings is 1. The lowest BCUT2D eigenvalue weighted by atomic mass is 9.86. The van der Waals surface area contributed by atoms with Gasteiger partial charge in [-0.1, -0.05) is 36.4 Å². The Morgan fingerprint density at radius 2 is 1.77 bits per heavy atom. The number of aromatic hydroxyl groups is 2. The minimum absolute atomic E-state index is 0.0307. The van der Waals surface area contributed by atoms with E-state index in [1.165, 1.54) is 6.07 Å². The summed E-state index contributed by atoms with van der Waals surface area (Å²) in [7, 11) is 0. The SMILES string of the molecule is O=C(CC(c1cccnc1)c1c(O)cc(O)c2c(=O)cc(-c3ccccc3)oc12)N1CCCCC1. The molecule has 2 aromatic heterocycles. The molecule has 1 amide bonds. The maximum Gasteiger partial charge on any atom is 0.223 e. The molecule has 0 spiro atoms. The summed E-state index contributed by atoms with van der Waals surface area (Å²) in [4.78, 5) is 32.5. The average molecular weight is 471 g/mol. The number of fused-ring (bicyclic) bond motifs is 1. The highest BCUT2D eigenvalue weighted by molar-refractivity contribution is 5.91. The van der Waals surface area contributed by atoms with Gasteiger partial charge < -0.3 is 19.5 Å². The van der Waals surface area contributed by atoms with E-state index in [9.17, 15) is 19.8 Å². The van der Waals surface area contributed by atoms with Gasteiger partial charge in [0.1, 0.15) is 28.2 Å². The summed E-state index contributed by atoms with van der Waals surface area (Å²) in [5.41, 5.74) is 1.30. The van der Waals surface area contributed by atoms with Gasteiger partial charge >= 0.3 is 0 Å². The van der Waals surface area contributed by atoms with Crippen LogP contribution >= 0.6 is 0 Å². The molecular formula is C28H26N2O5. The molecule has 1 saturated heterocycles. The molecule has 7 heteroatoms. The maximum atomic E-state index is 13.3. The summed E-state index contributed by atoms with van der Waals surface area (Å²) < 4.78 is 6.19. The van der Waals surface area contributed by atoms with E-state index in [0.717, 1.165) is 25.3 Å². The third-order valence-electron chi connectivity index (χ3n) is 6.58. The molecule has 0 aliphatic carbocycles. The third kappa shape index (κ3) is 4.49. The Hall–Kier alpha value is -4.13. The van der Waals surface area contributed by atoms with E-state index in [4.69, 9.17) is 4.42 Å². The zero-order chi connectivity index (χ0) is 24.4. The lowest BCUT2D eigenvalue weighted by Crippen LogP contribution is -2.36. The third-order valence-corrected chi connectivity index (χ3v) is 6.58. The van der Waals surface area contributed by atoms with Crippen LogP contribution in [0.25, 0.3) is 22.3 Å². The second kappa shape index (κ2) is 9.62. The molecule has 178 valence electrons. The van der Waals surface area contributed by atoms with Crippen LogP contribution in [-0.4, -0.2) is 39.1 Å². The number of phenols is 2. The summed E-state index contributed by atoms with van der Waals surface area (Å²) in [5.74, 6) is -0.983. The van der Waals surface area contributed by atoms with Crippen LogP contribution in [0.1, 0.15) is 42.7 Å². The number of amides is 1. The van der Waals surface area contributed by atoms with E-state index in [2.05, 4.69) is 4.98 Å². The number of carbonyl (C=O) groups is 1. The number of hydrogen-bond donors (Lipinski definition) is 2. The van der Waals surface area contributed by atoms with Gasteiger partial charge in [-0.05, 0) is 30.9 Å². The van der Waals surface area contributed by atoms with Crippen molar-refractivity contribution in [3.8, 4) is 22.8 Å². The predicted molar refractivity (Wildman–Crippen MR) is 132 cm³/mol. The van der Waals surface area contributed by atoms with Crippen LogP contribution in [-0.2, 0) is 4.79 Å². The highest BCUT2D eigenvalue weighted by Crippen LogP contribution is 2.43. The minimum Gasteiger partial charge on any atom is -0.507 e. The Morgan fingerprint density at radius 3 is 2.49 bits per heavy atom. The fourth-order valence-electron chi connectivity index (χ4n) is 4.82. The summed E-state index contributed by atoms with van der Waals surface area (Å²) >= 11 is 0. The average Bonchev–Trinajstić information content (AvgIpc) is 2.89. The van der Waals surface area contributed by atoms with Gasteiger partial charge in [0.25, 0.3) is 0 Å². The Bertz CT molecular complexity index is 1410. The van der Waals surface area contributed by atoms with Crippen molar-refractivity contribution in [3.05, 3.63) is 88.3 Å². The normalized spacial score (nSPS) is 14.7. The van der Waals surface area contributed by atoms with Crippen molar-refractivity contribution < 1.29 is 19.4 Å². The van der Waals surface area contributed by atoms with E-state index < -0.39 is 11.3 Å². The molecule has 1 unspecified atom stereocenters. The minimum atomic E-state index is -0.629. The Morgan fingerprint density at radius 1 is 1.00 bits per heavy atom. The van der Waals surface area contributed by atoms with E-state index in [1.807, 2.05) is 41.3 Å². The number of pyridine rings is 1. The predicted octanol–water partition coefficient (Wildman–Crippen LogP) is 4.80. The molecule has 35 heavy (non-hydrogen) atoms. The van der Waals surface area contributed by atoms with Gasteiger partial charge in [0.2, 0.25) is 5.91 Å². The van der Waals surface area contributed by atoms with Crippen LogP contribution in [0.4, 0.5) is 0 Å². The van der Waals surface area contributed by atoms with Crippen LogP contribution in [0.15, 0.2) is 76.2 Å². The molecule has 5 rings (SSSR count). The number of aromatic nitrogens is 1. The van der Waals surface area contributed by atoms with E-state index in [0.29, 0.717) is 30.0 Å². The first-order valence-electron chi connectivity index (χ1n) is 11.8. The first kappa shape index (κ1) is 22.7. The van der Waals surface area contributed by atoms with Gasteiger partial charge in [-0.25, -0.2) is 0 Å². The van der Waals surface area contributed by atoms with Crippen molar-refractivity contribution in [2.45, 2.75) is 31.6 Å². The van der Waals surface area contributed by atoms with Crippen LogP contribution < -0.4 is 5.43 Å². The summed E-state index contributed by atoms with van der Waals surface area (Å²) in [5, 5.41) is 21.5. The molecule has 1 aliphatic heterocycles. The van der Waals surface area contributed by atoms with E-state index in [1.54, 1.807) is 18.5 Å². The molecule has 2 aromatic carbocycles. The van der Waals surface area contributed by atoms with Gasteiger partial charge in [0.05, 0.1) is 0 Å². The lowest BCUT2D eigenvalue weighted by molar-refractivity contribution is -0.132. The number of rotatable bonds is 5. The maximum absolute atomic E-state index is 13.3. The number of likely N-dealkylation sites (tertiary alicyclic amines) is 1. The number of hydrogen-bond acceptors (Lipinski definition) is 6. The molecule has 1 aliphatic rings. The zero-order valence-corrected chi connectivity index (χ0v) is 19.2. The van der Waals surface area contributed by atoms with Crippen molar-refractivity contribution in [2.75, 3.05) is 13.1 Å². The van der Waals surface area contributed by atoms with Gasteiger partial charge in [-0.2, -0.15) is 0 Å². The molecule has 1 atom stereocenters. The van der Waals surface area contributed by atoms with E-state index >= 15 is 0 Å². The fraction of sp³-hybridized carbons (Fsp3) is 0.250. The quantitative estimate of drug-likeness (QED) is 0.434. The molecule has 2 N–H and O–H groups in total. The highest BCUT2D eigenvalue weighted by Gasteiger charge is 2.30. The van der Waals surface area contributed by atoms with Crippen molar-refractivity contribution in [3.63, 3.8) is 0 Å². The van der Waals surface area contributed by atoms with Crippen LogP contribution in [0.2, 0.25) is 0 Å². The van der Waals surface area contributed by atoms with Crippen molar-refractivity contribution in [1.82, 2.24) is 9.88 Å². The second-order valence-corrected chi connectivity index (χ2v) is 8.86. The number of nitrogens with zero attached hydrogens (tertiary/aromatic N) is 2. The zero-order valence-electron chi connectivity index (χ0n) is 19.2. The Labute approximate surface area is 202 Å². The number of phenolic OH excluding ortho intramolecular Hbond substituents is 2. The van der Waals surface area contributed by atoms with Crippen LogP contribution in [0.5, 0.6) is 11.5 Å². The Balaban J connectivity index is 1.71. The van der Waals surface area contributed by atoms with Gasteiger partial charge in [0.15, 0.2) is 5.43 Å². The summed E-state index contributed by atoms with van der Waals surface area (Å²) in [6.07, 6.45) is 6.38. The Kier molecular flexibility index (Phi) is 6.23. The number of carbonyl (C=O) groups excluding carboxylic acids is 1. The standard InChI is InChI=1S/C28H26N2O5/c31-21-15-22(32)27-23(33)16-24(18-8-3-1-4-9-18)35-28(27)26(21)20(19-10-7-11-29-17-19)14-25(34)30-12-5-2-6-13-30/h1,3-4,7-11,15-17,20,31-32H,2,5-6,12-14H2. The molecule has 0 radical (unpaired) electrons. The molecule has 1 fully saturated rings. The summed E-state index contributed by atoms with van der Waals surface area (Å²) in [6, 6.07) is 15.2. The number of benzene rings is 2. The van der Waals surface area contributed by atoms with Gasteiger partial charge in [-0.15, -0.1) is 0 Å². The first-order valence-corrected chi connectivity index (χ1v) is 11.8.